The first-order valence-electron chi connectivity index (χ1n) is 10.7. The number of nitrogens with one attached hydrogen (secondary N) is 1. The van der Waals surface area contributed by atoms with Gasteiger partial charge in [-0.2, -0.15) is 5.10 Å². The van der Waals surface area contributed by atoms with Crippen LogP contribution in [0.2, 0.25) is 0 Å². The van der Waals surface area contributed by atoms with Crippen molar-refractivity contribution >= 4 is 50.7 Å². The average molecular weight is 522 g/mol. The summed E-state index contributed by atoms with van der Waals surface area (Å²) in [6, 6.07) is 6.27. The van der Waals surface area contributed by atoms with Gasteiger partial charge in [0, 0.05) is 40.1 Å². The molecule has 5 nitrogen and oxygen atoms in total. The van der Waals surface area contributed by atoms with Gasteiger partial charge in [-0.1, -0.05) is 40.0 Å². The molecule has 3 aliphatic rings. The monoisotopic (exact) mass is 520 g/mol. The normalized spacial score (nSPS) is 21.1. The Morgan fingerprint density at radius 3 is 2.74 bits per heavy atom. The maximum Gasteiger partial charge on any atom is 0.286 e. The van der Waals surface area contributed by atoms with Gasteiger partial charge in [0.15, 0.2) is 5.69 Å². The summed E-state index contributed by atoms with van der Waals surface area (Å²) in [4.78, 5) is 13.3. The Kier molecular flexibility index (Phi) is 5.99. The van der Waals surface area contributed by atoms with E-state index in [1.807, 2.05) is 27.9 Å². The SMILES string of the molecule is O=C(NN1CCCCC1)c1nn(C2=CC=C(Cl)CC2Cl)c2c1CCc1cc(Br)ccc1-2. The van der Waals surface area contributed by atoms with E-state index >= 15 is 0 Å². The van der Waals surface area contributed by atoms with Crippen molar-refractivity contribution in [3.63, 3.8) is 0 Å². The molecule has 0 bridgehead atoms. The average Bonchev–Trinajstić information content (AvgIpc) is 3.14. The highest BCUT2D eigenvalue weighted by molar-refractivity contribution is 9.10. The lowest BCUT2D eigenvalue weighted by Gasteiger charge is -2.26. The van der Waals surface area contributed by atoms with Gasteiger partial charge in [0.1, 0.15) is 0 Å². The number of hydrazine groups is 1. The number of halogens is 3. The minimum absolute atomic E-state index is 0.145. The third-order valence-electron chi connectivity index (χ3n) is 6.16. The first kappa shape index (κ1) is 21.3. The highest BCUT2D eigenvalue weighted by Crippen LogP contribution is 2.40. The largest absolute Gasteiger partial charge is 0.286 e. The molecular formula is C23H23BrCl2N4O. The number of piperidine rings is 1. The Morgan fingerprint density at radius 1 is 1.16 bits per heavy atom. The van der Waals surface area contributed by atoms with Crippen LogP contribution in [0.4, 0.5) is 0 Å². The second kappa shape index (κ2) is 8.74. The molecule has 31 heavy (non-hydrogen) atoms. The van der Waals surface area contributed by atoms with Crippen LogP contribution in [0.15, 0.2) is 39.9 Å². The number of hydrogen-bond donors (Lipinski definition) is 1. The predicted molar refractivity (Wildman–Crippen MR) is 128 cm³/mol. The Hall–Kier alpha value is -1.60. The van der Waals surface area contributed by atoms with Gasteiger partial charge in [0.05, 0.1) is 16.8 Å². The standard InChI is InChI=1S/C23H23BrCl2N4O/c24-15-5-8-17-14(12-15)4-7-18-21(23(31)28-29-10-2-1-3-11-29)27-30(22(17)18)20-9-6-16(25)13-19(20)26/h5-6,8-9,12,19H,1-4,7,10-11,13H2,(H,28,31). The Balaban J connectivity index is 1.61. The quantitative estimate of drug-likeness (QED) is 0.541. The Morgan fingerprint density at radius 2 is 1.97 bits per heavy atom. The number of aromatic nitrogens is 2. The minimum atomic E-state index is -0.305. The zero-order valence-electron chi connectivity index (χ0n) is 17.0. The summed E-state index contributed by atoms with van der Waals surface area (Å²) in [6.45, 7) is 1.76. The predicted octanol–water partition coefficient (Wildman–Crippen LogP) is 5.52. The van der Waals surface area contributed by atoms with Crippen LogP contribution in [-0.4, -0.2) is 39.2 Å². The molecule has 5 rings (SSSR count). The van der Waals surface area contributed by atoms with Crippen LogP contribution in [0.5, 0.6) is 0 Å². The molecular weight excluding hydrogens is 499 g/mol. The summed E-state index contributed by atoms with van der Waals surface area (Å²) in [5.41, 5.74) is 8.68. The van der Waals surface area contributed by atoms with Gasteiger partial charge >= 0.3 is 0 Å². The topological polar surface area (TPSA) is 50.2 Å². The van der Waals surface area contributed by atoms with E-state index in [0.29, 0.717) is 12.1 Å². The molecule has 1 amide bonds. The zero-order valence-corrected chi connectivity index (χ0v) is 20.1. The van der Waals surface area contributed by atoms with Crippen LogP contribution in [0.25, 0.3) is 17.0 Å². The molecule has 2 aromatic rings. The number of carbonyl (C=O) groups excluding carboxylic acids is 1. The minimum Gasteiger partial charge on any atom is -0.283 e. The van der Waals surface area contributed by atoms with E-state index in [1.165, 1.54) is 12.0 Å². The number of amides is 1. The van der Waals surface area contributed by atoms with Crippen molar-refractivity contribution in [2.45, 2.75) is 43.9 Å². The summed E-state index contributed by atoms with van der Waals surface area (Å²) in [6.07, 6.45) is 9.37. The third-order valence-corrected chi connectivity index (χ3v) is 7.31. The van der Waals surface area contributed by atoms with Crippen molar-refractivity contribution in [3.05, 3.63) is 56.7 Å². The molecule has 1 fully saturated rings. The lowest BCUT2D eigenvalue weighted by molar-refractivity contribution is 0.0743. The molecule has 1 saturated heterocycles. The summed E-state index contributed by atoms with van der Waals surface area (Å²) >= 11 is 16.5. The number of hydrogen-bond acceptors (Lipinski definition) is 3. The number of nitrogens with zero attached hydrogens (tertiary/aromatic N) is 3. The van der Waals surface area contributed by atoms with E-state index in [9.17, 15) is 4.79 Å². The summed E-state index contributed by atoms with van der Waals surface area (Å²) < 4.78 is 2.91. The van der Waals surface area contributed by atoms with E-state index in [0.717, 1.165) is 70.8 Å². The van der Waals surface area contributed by atoms with Gasteiger partial charge < -0.3 is 0 Å². The first-order valence-corrected chi connectivity index (χ1v) is 12.3. The molecule has 0 saturated carbocycles. The summed E-state index contributed by atoms with van der Waals surface area (Å²) in [5, 5.41) is 7.24. The fourth-order valence-electron chi connectivity index (χ4n) is 4.62. The molecule has 1 aromatic heterocycles. The fourth-order valence-corrected chi connectivity index (χ4v) is 5.66. The molecule has 1 N–H and O–H groups in total. The van der Waals surface area contributed by atoms with Gasteiger partial charge in [0.25, 0.3) is 5.91 Å². The van der Waals surface area contributed by atoms with Crippen LogP contribution in [0.1, 0.15) is 47.3 Å². The van der Waals surface area contributed by atoms with Crippen molar-refractivity contribution in [3.8, 4) is 11.3 Å². The van der Waals surface area contributed by atoms with Crippen LogP contribution in [0.3, 0.4) is 0 Å². The first-order chi connectivity index (χ1) is 15.0. The van der Waals surface area contributed by atoms with Gasteiger partial charge in [-0.15, -0.1) is 11.6 Å². The number of rotatable bonds is 3. The Bertz CT molecular complexity index is 1100. The molecule has 2 aliphatic carbocycles. The number of aryl methyl sites for hydroxylation is 1. The molecule has 1 unspecified atom stereocenters. The maximum absolute atomic E-state index is 13.3. The highest BCUT2D eigenvalue weighted by atomic mass is 79.9. The van der Waals surface area contributed by atoms with Gasteiger partial charge in [0.2, 0.25) is 0 Å². The second-order valence-corrected chi connectivity index (χ2v) is 10.2. The van der Waals surface area contributed by atoms with Crippen LogP contribution < -0.4 is 5.43 Å². The van der Waals surface area contributed by atoms with E-state index in [-0.39, 0.29) is 11.3 Å². The van der Waals surface area contributed by atoms with Gasteiger partial charge in [-0.3, -0.25) is 10.2 Å². The molecule has 1 atom stereocenters. The van der Waals surface area contributed by atoms with Crippen LogP contribution >= 0.6 is 39.1 Å². The van der Waals surface area contributed by atoms with E-state index < -0.39 is 0 Å². The van der Waals surface area contributed by atoms with Crippen LogP contribution in [-0.2, 0) is 12.8 Å². The molecule has 162 valence electrons. The van der Waals surface area contributed by atoms with Gasteiger partial charge in [-0.25, -0.2) is 9.69 Å². The number of carbonyl (C=O) groups is 1. The van der Waals surface area contributed by atoms with Crippen molar-refractivity contribution in [1.82, 2.24) is 20.2 Å². The van der Waals surface area contributed by atoms with E-state index in [4.69, 9.17) is 28.3 Å². The van der Waals surface area contributed by atoms with E-state index in [2.05, 4.69) is 33.5 Å². The smallest absolute Gasteiger partial charge is 0.283 e. The van der Waals surface area contributed by atoms with Crippen molar-refractivity contribution < 1.29 is 4.79 Å². The zero-order chi connectivity index (χ0) is 21.5. The summed E-state index contributed by atoms with van der Waals surface area (Å²) in [5.74, 6) is -0.145. The highest BCUT2D eigenvalue weighted by Gasteiger charge is 2.32. The Labute approximate surface area is 200 Å². The van der Waals surface area contributed by atoms with Gasteiger partial charge in [-0.05, 0) is 55.5 Å². The van der Waals surface area contributed by atoms with Crippen molar-refractivity contribution in [2.75, 3.05) is 13.1 Å². The van der Waals surface area contributed by atoms with E-state index in [1.54, 1.807) is 0 Å². The number of benzene rings is 1. The molecule has 8 heteroatoms. The van der Waals surface area contributed by atoms with Crippen LogP contribution in [0, 0.1) is 0 Å². The van der Waals surface area contributed by atoms with Crippen molar-refractivity contribution in [1.29, 1.82) is 0 Å². The molecule has 0 spiro atoms. The summed E-state index contributed by atoms with van der Waals surface area (Å²) in [7, 11) is 0. The lowest BCUT2D eigenvalue weighted by Crippen LogP contribution is -2.45. The third kappa shape index (κ3) is 4.11. The molecule has 1 aliphatic heterocycles. The number of alkyl halides is 1. The number of fused-ring (bicyclic) bond motifs is 3. The fraction of sp³-hybridized carbons (Fsp3) is 0.391. The number of allylic oxidation sites excluding steroid dienone is 4. The molecule has 1 aromatic carbocycles. The molecule has 0 radical (unpaired) electrons. The lowest BCUT2D eigenvalue weighted by atomic mass is 9.88. The maximum atomic E-state index is 13.3. The molecule has 2 heterocycles. The van der Waals surface area contributed by atoms with Crippen molar-refractivity contribution in [2.24, 2.45) is 0 Å². The second-order valence-electron chi connectivity index (χ2n) is 8.25.